The molecule has 106 valence electrons. The van der Waals surface area contributed by atoms with Crippen LogP contribution < -0.4 is 5.32 Å². The van der Waals surface area contributed by atoms with Crippen molar-refractivity contribution in [2.24, 2.45) is 0 Å². The lowest BCUT2D eigenvalue weighted by Gasteiger charge is -2.11. The molecule has 5 heteroatoms. The molecule has 1 aromatic heterocycles. The van der Waals surface area contributed by atoms with Crippen molar-refractivity contribution in [3.63, 3.8) is 0 Å². The van der Waals surface area contributed by atoms with E-state index in [9.17, 15) is 4.39 Å². The highest BCUT2D eigenvalue weighted by Crippen LogP contribution is 2.30. The van der Waals surface area contributed by atoms with Crippen LogP contribution in [0.15, 0.2) is 36.4 Å². The normalized spacial score (nSPS) is 10.9. The minimum absolute atomic E-state index is 0.231. The van der Waals surface area contributed by atoms with Crippen molar-refractivity contribution in [3.05, 3.63) is 51.5 Å². The van der Waals surface area contributed by atoms with Crippen LogP contribution >= 0.6 is 22.6 Å². The third-order valence-corrected chi connectivity index (χ3v) is 4.66. The van der Waals surface area contributed by atoms with Gasteiger partial charge in [0, 0.05) is 18.0 Å². The molecule has 2 aromatic carbocycles. The number of nitrogens with one attached hydrogen (secondary N) is 1. The highest BCUT2D eigenvalue weighted by molar-refractivity contribution is 14.1. The van der Waals surface area contributed by atoms with Crippen LogP contribution in [-0.4, -0.2) is 17.0 Å². The Kier molecular flexibility index (Phi) is 3.75. The topological polar surface area (TPSA) is 37.8 Å². The number of aryl methyl sites for hydroxylation is 1. The monoisotopic (exact) mass is 393 g/mol. The van der Waals surface area contributed by atoms with E-state index in [4.69, 9.17) is 0 Å². The van der Waals surface area contributed by atoms with Crippen molar-refractivity contribution in [3.8, 4) is 11.4 Å². The van der Waals surface area contributed by atoms with Crippen LogP contribution in [0.3, 0.4) is 0 Å². The summed E-state index contributed by atoms with van der Waals surface area (Å²) in [5, 5.41) is 4.48. The Labute approximate surface area is 135 Å². The maximum Gasteiger partial charge on any atom is 0.162 e. The molecular formula is C16H13FIN3. The second-order valence-corrected chi connectivity index (χ2v) is 5.76. The molecule has 0 aliphatic rings. The summed E-state index contributed by atoms with van der Waals surface area (Å²) in [6.45, 7) is 1.94. The molecule has 0 saturated carbocycles. The lowest BCUT2D eigenvalue weighted by Crippen LogP contribution is -2.03. The lowest BCUT2D eigenvalue weighted by molar-refractivity contribution is 0.640. The number of nitrogens with zero attached hydrogens (tertiary/aromatic N) is 2. The fourth-order valence-electron chi connectivity index (χ4n) is 2.30. The highest BCUT2D eigenvalue weighted by Gasteiger charge is 2.13. The fourth-order valence-corrected chi connectivity index (χ4v) is 2.81. The van der Waals surface area contributed by atoms with Crippen LogP contribution in [0.4, 0.5) is 10.2 Å². The van der Waals surface area contributed by atoms with Crippen molar-refractivity contribution in [1.29, 1.82) is 0 Å². The second-order valence-electron chi connectivity index (χ2n) is 4.69. The van der Waals surface area contributed by atoms with E-state index < -0.39 is 0 Å². The van der Waals surface area contributed by atoms with Gasteiger partial charge in [0.1, 0.15) is 11.6 Å². The summed E-state index contributed by atoms with van der Waals surface area (Å²) in [6, 6.07) is 10.6. The van der Waals surface area contributed by atoms with Gasteiger partial charge in [-0.15, -0.1) is 0 Å². The average Bonchev–Trinajstić information content (AvgIpc) is 2.51. The standard InChI is InChI=1S/C16H13FIN3/c1-9-14(18)16(19-2)21-15(20-9)12-7-8-13(17)11-6-4-3-5-10(11)12/h3-8H,1-2H3,(H,19,20,21). The summed E-state index contributed by atoms with van der Waals surface area (Å²) in [5.41, 5.74) is 1.74. The van der Waals surface area contributed by atoms with Gasteiger partial charge in [-0.2, -0.15) is 0 Å². The number of hydrogen-bond acceptors (Lipinski definition) is 3. The first kappa shape index (κ1) is 14.2. The lowest BCUT2D eigenvalue weighted by atomic mass is 10.0. The molecule has 1 N–H and O–H groups in total. The quantitative estimate of drug-likeness (QED) is 0.657. The van der Waals surface area contributed by atoms with E-state index in [1.165, 1.54) is 6.07 Å². The van der Waals surface area contributed by atoms with Gasteiger partial charge in [0.25, 0.3) is 0 Å². The van der Waals surface area contributed by atoms with E-state index in [2.05, 4.69) is 37.9 Å². The summed E-state index contributed by atoms with van der Waals surface area (Å²) in [5.74, 6) is 1.16. The summed E-state index contributed by atoms with van der Waals surface area (Å²) in [7, 11) is 1.83. The van der Waals surface area contributed by atoms with Gasteiger partial charge < -0.3 is 5.32 Å². The molecule has 0 fully saturated rings. The van der Waals surface area contributed by atoms with E-state index in [1.54, 1.807) is 12.1 Å². The zero-order valence-corrected chi connectivity index (χ0v) is 13.8. The number of hydrogen-bond donors (Lipinski definition) is 1. The molecule has 3 aromatic rings. The predicted molar refractivity (Wildman–Crippen MR) is 91.9 cm³/mol. The Hall–Kier alpha value is -1.76. The molecule has 0 aliphatic carbocycles. The molecule has 0 aliphatic heterocycles. The first-order chi connectivity index (χ1) is 10.1. The number of fused-ring (bicyclic) bond motifs is 1. The molecule has 0 amide bonds. The molecule has 0 spiro atoms. The van der Waals surface area contributed by atoms with Crippen LogP contribution in [0.1, 0.15) is 5.69 Å². The molecule has 0 saturated heterocycles. The largest absolute Gasteiger partial charge is 0.372 e. The number of benzene rings is 2. The van der Waals surface area contributed by atoms with Crippen LogP contribution in [-0.2, 0) is 0 Å². The van der Waals surface area contributed by atoms with Gasteiger partial charge in [-0.25, -0.2) is 14.4 Å². The fraction of sp³-hybridized carbons (Fsp3) is 0.125. The molecule has 1 heterocycles. The van der Waals surface area contributed by atoms with Gasteiger partial charge in [-0.1, -0.05) is 24.3 Å². The zero-order chi connectivity index (χ0) is 15.0. The van der Waals surface area contributed by atoms with E-state index in [1.807, 2.05) is 32.2 Å². The second kappa shape index (κ2) is 5.55. The Morgan fingerprint density at radius 3 is 2.48 bits per heavy atom. The van der Waals surface area contributed by atoms with Crippen LogP contribution in [0.25, 0.3) is 22.2 Å². The van der Waals surface area contributed by atoms with Crippen molar-refractivity contribution in [1.82, 2.24) is 9.97 Å². The van der Waals surface area contributed by atoms with Gasteiger partial charge in [0.05, 0.1) is 9.26 Å². The number of anilines is 1. The zero-order valence-electron chi connectivity index (χ0n) is 11.6. The van der Waals surface area contributed by atoms with Gasteiger partial charge >= 0.3 is 0 Å². The summed E-state index contributed by atoms with van der Waals surface area (Å²) in [4.78, 5) is 9.10. The van der Waals surface area contributed by atoms with Gasteiger partial charge in [-0.3, -0.25) is 0 Å². The van der Waals surface area contributed by atoms with Crippen molar-refractivity contribution < 1.29 is 4.39 Å². The Bertz CT molecular complexity index is 833. The molecular weight excluding hydrogens is 380 g/mol. The number of rotatable bonds is 2. The molecule has 0 radical (unpaired) electrons. The molecule has 21 heavy (non-hydrogen) atoms. The Balaban J connectivity index is 2.31. The summed E-state index contributed by atoms with van der Waals surface area (Å²) >= 11 is 2.22. The van der Waals surface area contributed by atoms with E-state index in [0.29, 0.717) is 11.2 Å². The number of aromatic nitrogens is 2. The van der Waals surface area contributed by atoms with Gasteiger partial charge in [0.2, 0.25) is 0 Å². The molecule has 0 bridgehead atoms. The minimum Gasteiger partial charge on any atom is -0.372 e. The Morgan fingerprint density at radius 2 is 1.76 bits per heavy atom. The average molecular weight is 393 g/mol. The molecule has 3 nitrogen and oxygen atoms in total. The van der Waals surface area contributed by atoms with Crippen LogP contribution in [0.2, 0.25) is 0 Å². The first-order valence-corrected chi connectivity index (χ1v) is 7.59. The summed E-state index contributed by atoms with van der Waals surface area (Å²) < 4.78 is 14.9. The third-order valence-electron chi connectivity index (χ3n) is 3.37. The molecule has 0 atom stereocenters. The first-order valence-electron chi connectivity index (χ1n) is 6.51. The van der Waals surface area contributed by atoms with Gasteiger partial charge in [0.15, 0.2) is 5.82 Å². The minimum atomic E-state index is -0.231. The smallest absolute Gasteiger partial charge is 0.162 e. The van der Waals surface area contributed by atoms with Crippen molar-refractivity contribution >= 4 is 39.2 Å². The molecule has 0 unspecified atom stereocenters. The van der Waals surface area contributed by atoms with E-state index in [0.717, 1.165) is 26.0 Å². The maximum absolute atomic E-state index is 13.9. The Morgan fingerprint density at radius 1 is 1.05 bits per heavy atom. The van der Waals surface area contributed by atoms with Gasteiger partial charge in [-0.05, 0) is 47.0 Å². The SMILES string of the molecule is CNc1nc(-c2ccc(F)c3ccccc23)nc(C)c1I. The third kappa shape index (κ3) is 2.46. The number of halogens is 2. The highest BCUT2D eigenvalue weighted by atomic mass is 127. The summed E-state index contributed by atoms with van der Waals surface area (Å²) in [6.07, 6.45) is 0. The maximum atomic E-state index is 13.9. The van der Waals surface area contributed by atoms with E-state index in [-0.39, 0.29) is 5.82 Å². The van der Waals surface area contributed by atoms with E-state index >= 15 is 0 Å². The molecule has 3 rings (SSSR count). The van der Waals surface area contributed by atoms with Crippen LogP contribution in [0.5, 0.6) is 0 Å². The van der Waals surface area contributed by atoms with Crippen molar-refractivity contribution in [2.75, 3.05) is 12.4 Å². The van der Waals surface area contributed by atoms with Crippen LogP contribution in [0, 0.1) is 16.3 Å². The van der Waals surface area contributed by atoms with Crippen molar-refractivity contribution in [2.45, 2.75) is 6.92 Å². The predicted octanol–water partition coefficient (Wildman–Crippen LogP) is 4.39.